The fourth-order valence-corrected chi connectivity index (χ4v) is 1.81. The van der Waals surface area contributed by atoms with Crippen LogP contribution in [0, 0.1) is 0 Å². The van der Waals surface area contributed by atoms with Crippen LogP contribution in [0.1, 0.15) is 0 Å². The summed E-state index contributed by atoms with van der Waals surface area (Å²) < 4.78 is 8.15. The molecule has 2 rings (SSSR count). The van der Waals surface area contributed by atoms with Crippen LogP contribution in [0.5, 0.6) is 5.88 Å². The maximum Gasteiger partial charge on any atom is 0.238 e. The monoisotopic (exact) mass is 288 g/mol. The van der Waals surface area contributed by atoms with E-state index in [9.17, 15) is 0 Å². The molecular weight excluding hydrogens is 275 g/mol. The van der Waals surface area contributed by atoms with Gasteiger partial charge in [0.15, 0.2) is 0 Å². The Bertz CT molecular complexity index is 456. The molecule has 0 aliphatic heterocycles. The molecule has 0 aromatic carbocycles. The number of hydrogen-bond donors (Lipinski definition) is 0. The van der Waals surface area contributed by atoms with Gasteiger partial charge in [0.25, 0.3) is 0 Å². The summed E-state index contributed by atoms with van der Waals surface area (Å²) in [6.45, 7) is 1.92. The van der Waals surface area contributed by atoms with Gasteiger partial charge in [0.1, 0.15) is 5.52 Å². The Morgan fingerprint density at radius 1 is 1.47 bits per heavy atom. The maximum absolute atomic E-state index is 5.17. The Kier molecular flexibility index (Phi) is 4.55. The minimum Gasteiger partial charge on any atom is -0.479 e. The molecule has 82 valence electrons. The number of ether oxygens (including phenoxy) is 1. The van der Waals surface area contributed by atoms with E-state index in [1.54, 1.807) is 13.3 Å². The molecule has 0 radical (unpaired) electrons. The van der Waals surface area contributed by atoms with E-state index in [2.05, 4.69) is 30.2 Å². The summed E-state index contributed by atoms with van der Waals surface area (Å²) in [4.78, 5) is 4.17. The van der Waals surface area contributed by atoms with Gasteiger partial charge in [-0.05, 0) is 22.0 Å². The summed E-state index contributed by atoms with van der Waals surface area (Å²) >= 11 is 3.44. The maximum atomic E-state index is 5.17. The summed E-state index contributed by atoms with van der Waals surface area (Å²) in [5.41, 5.74) is 1.01. The summed E-state index contributed by atoms with van der Waals surface area (Å²) in [5.74, 6) is 0.658. The number of pyridine rings is 1. The molecule has 1 atom stereocenters. The smallest absolute Gasteiger partial charge is 0.238 e. The molecule has 5 heteroatoms. The highest BCUT2D eigenvalue weighted by Crippen LogP contribution is 2.29. The van der Waals surface area contributed by atoms with E-state index in [4.69, 9.17) is 4.74 Å². The van der Waals surface area contributed by atoms with Crippen LogP contribution in [0.3, 0.4) is 0 Å². The molecule has 2 aromatic heterocycles. The zero-order valence-electron chi connectivity index (χ0n) is 8.99. The molecule has 0 saturated heterocycles. The lowest BCUT2D eigenvalue weighted by atomic mass is 10.3. The van der Waals surface area contributed by atoms with Gasteiger partial charge in [-0.15, -0.1) is 9.24 Å². The minimum atomic E-state index is 0.658. The fraction of sp³-hybridized carbons (Fsp3) is 0.300. The van der Waals surface area contributed by atoms with Crippen molar-refractivity contribution in [3.63, 3.8) is 0 Å². The van der Waals surface area contributed by atoms with E-state index in [1.807, 2.05) is 30.5 Å². The number of hydrogen-bond acceptors (Lipinski definition) is 2. The molecule has 0 amide bonds. The number of rotatable bonds is 1. The topological polar surface area (TPSA) is 27.1 Å². The Morgan fingerprint density at radius 2 is 2.13 bits per heavy atom. The first-order chi connectivity index (χ1) is 7.24. The van der Waals surface area contributed by atoms with Gasteiger partial charge in [-0.1, -0.05) is 6.66 Å². The van der Waals surface area contributed by atoms with Gasteiger partial charge < -0.3 is 9.30 Å². The van der Waals surface area contributed by atoms with Gasteiger partial charge in [0, 0.05) is 29.3 Å². The number of halogens is 1. The van der Waals surface area contributed by atoms with E-state index < -0.39 is 0 Å². The summed E-state index contributed by atoms with van der Waals surface area (Å²) in [6, 6.07) is 2.03. The lowest BCUT2D eigenvalue weighted by molar-refractivity contribution is 0.401. The molecule has 0 aliphatic rings. The third-order valence-electron chi connectivity index (χ3n) is 2.02. The second-order valence-corrected chi connectivity index (χ2v) is 3.66. The number of methoxy groups -OCH3 is 1. The third kappa shape index (κ3) is 2.32. The van der Waals surface area contributed by atoms with Crippen molar-refractivity contribution in [3.05, 3.63) is 22.9 Å². The van der Waals surface area contributed by atoms with E-state index >= 15 is 0 Å². The Labute approximate surface area is 100 Å². The predicted octanol–water partition coefficient (Wildman–Crippen LogP) is 2.84. The van der Waals surface area contributed by atoms with Crippen LogP contribution in [-0.4, -0.2) is 23.3 Å². The lowest BCUT2D eigenvalue weighted by Gasteiger charge is -2.03. The van der Waals surface area contributed by atoms with Crippen molar-refractivity contribution in [2.24, 2.45) is 7.05 Å². The van der Waals surface area contributed by atoms with Crippen LogP contribution >= 0.6 is 25.2 Å². The van der Waals surface area contributed by atoms with Crippen molar-refractivity contribution in [1.82, 2.24) is 9.55 Å². The summed E-state index contributed by atoms with van der Waals surface area (Å²) in [7, 11) is 6.02. The van der Waals surface area contributed by atoms with Crippen molar-refractivity contribution in [1.29, 1.82) is 0 Å². The van der Waals surface area contributed by atoms with E-state index in [0.29, 0.717) is 5.88 Å². The molecule has 0 N–H and O–H groups in total. The largest absolute Gasteiger partial charge is 0.479 e. The van der Waals surface area contributed by atoms with Gasteiger partial charge in [-0.3, -0.25) is 0 Å². The highest BCUT2D eigenvalue weighted by molar-refractivity contribution is 9.10. The molecule has 0 fully saturated rings. The van der Waals surface area contributed by atoms with Gasteiger partial charge in [0.2, 0.25) is 5.88 Å². The molecule has 1 unspecified atom stereocenters. The summed E-state index contributed by atoms with van der Waals surface area (Å²) in [6.07, 6.45) is 3.74. The molecule has 3 nitrogen and oxygen atoms in total. The van der Waals surface area contributed by atoms with Crippen LogP contribution < -0.4 is 4.74 Å². The van der Waals surface area contributed by atoms with Crippen molar-refractivity contribution < 1.29 is 4.74 Å². The van der Waals surface area contributed by atoms with Crippen LogP contribution in [-0.2, 0) is 7.05 Å². The number of nitrogens with zero attached hydrogens (tertiary/aromatic N) is 2. The second kappa shape index (κ2) is 5.47. The van der Waals surface area contributed by atoms with Gasteiger partial charge in [0.05, 0.1) is 7.11 Å². The third-order valence-corrected chi connectivity index (χ3v) is 2.65. The lowest BCUT2D eigenvalue weighted by Crippen LogP contribution is -1.93. The Hall–Kier alpha value is -0.600. The second-order valence-electron chi connectivity index (χ2n) is 2.80. The molecule has 2 aromatic rings. The Balaban J connectivity index is 0.000000531. The highest BCUT2D eigenvalue weighted by atomic mass is 79.9. The molecule has 15 heavy (non-hydrogen) atoms. The van der Waals surface area contributed by atoms with Gasteiger partial charge in [-0.25, -0.2) is 4.98 Å². The van der Waals surface area contributed by atoms with Gasteiger partial charge >= 0.3 is 0 Å². The SMILES string of the molecule is COc1ncc(Br)c2ccn(C)c12.CP. The van der Waals surface area contributed by atoms with Crippen LogP contribution in [0.25, 0.3) is 10.9 Å². The van der Waals surface area contributed by atoms with E-state index in [-0.39, 0.29) is 0 Å². The molecule has 0 aliphatic carbocycles. The first-order valence-corrected chi connectivity index (χ1v) is 6.40. The van der Waals surface area contributed by atoms with Crippen LogP contribution in [0.15, 0.2) is 22.9 Å². The zero-order valence-corrected chi connectivity index (χ0v) is 11.7. The molecule has 0 saturated carbocycles. The zero-order chi connectivity index (χ0) is 11.4. The molecule has 2 heterocycles. The van der Waals surface area contributed by atoms with E-state index in [1.165, 1.54) is 0 Å². The molecule has 0 bridgehead atoms. The number of fused-ring (bicyclic) bond motifs is 1. The minimum absolute atomic E-state index is 0.658. The summed E-state index contributed by atoms with van der Waals surface area (Å²) in [5, 5.41) is 1.12. The highest BCUT2D eigenvalue weighted by Gasteiger charge is 2.08. The van der Waals surface area contributed by atoms with Crippen LogP contribution in [0.4, 0.5) is 0 Å². The predicted molar refractivity (Wildman–Crippen MR) is 70.6 cm³/mol. The van der Waals surface area contributed by atoms with Gasteiger partial charge in [-0.2, -0.15) is 0 Å². The fourth-order valence-electron chi connectivity index (χ4n) is 1.38. The Morgan fingerprint density at radius 3 is 2.73 bits per heavy atom. The average molecular weight is 289 g/mol. The van der Waals surface area contributed by atoms with Crippen molar-refractivity contribution in [2.45, 2.75) is 0 Å². The van der Waals surface area contributed by atoms with Crippen LogP contribution in [0.2, 0.25) is 0 Å². The first kappa shape index (κ1) is 12.5. The quantitative estimate of drug-likeness (QED) is 0.755. The molecule has 0 spiro atoms. The number of aromatic nitrogens is 2. The van der Waals surface area contributed by atoms with Crippen molar-refractivity contribution >= 4 is 36.1 Å². The average Bonchev–Trinajstić information content (AvgIpc) is 2.66. The van der Waals surface area contributed by atoms with Crippen molar-refractivity contribution in [2.75, 3.05) is 13.8 Å². The van der Waals surface area contributed by atoms with Crippen molar-refractivity contribution in [3.8, 4) is 5.88 Å². The first-order valence-electron chi connectivity index (χ1n) is 4.45. The molecular formula is C10H14BrN2OP. The standard InChI is InChI=1S/C9H9BrN2O.CH5P/c1-12-4-3-6-7(10)5-11-9(13-2)8(6)12;1-2/h3-5H,1-2H3;2H2,1H3. The normalized spacial score (nSPS) is 9.67. The van der Waals surface area contributed by atoms with E-state index in [0.717, 1.165) is 15.4 Å². The number of aryl methyl sites for hydroxylation is 1.